The highest BCUT2D eigenvalue weighted by Crippen LogP contribution is 2.31. The molecule has 0 aliphatic heterocycles. The van der Waals surface area contributed by atoms with Crippen molar-refractivity contribution in [2.45, 2.75) is 33.3 Å². The lowest BCUT2D eigenvalue weighted by atomic mass is 10.1. The Bertz CT molecular complexity index is 535. The number of nitro groups is 1. The van der Waals surface area contributed by atoms with Gasteiger partial charge in [0.2, 0.25) is 0 Å². The molecule has 0 saturated heterocycles. The third-order valence-corrected chi connectivity index (χ3v) is 3.10. The SMILES string of the molecule is CC(C)CN(CCC#N)c1ccc([C@@H](C)O)cc1[N+](=O)[O-]. The van der Waals surface area contributed by atoms with Crippen molar-refractivity contribution >= 4 is 11.4 Å². The molecule has 0 saturated carbocycles. The van der Waals surface area contributed by atoms with E-state index in [2.05, 4.69) is 6.07 Å². The Morgan fingerprint density at radius 1 is 1.43 bits per heavy atom. The fourth-order valence-corrected chi connectivity index (χ4v) is 2.15. The number of nitriles is 1. The molecule has 0 unspecified atom stereocenters. The van der Waals surface area contributed by atoms with Crippen LogP contribution in [0.4, 0.5) is 11.4 Å². The zero-order chi connectivity index (χ0) is 16.0. The van der Waals surface area contributed by atoms with Crippen LogP contribution >= 0.6 is 0 Å². The van der Waals surface area contributed by atoms with Gasteiger partial charge in [-0.05, 0) is 24.5 Å². The van der Waals surface area contributed by atoms with Crippen molar-refractivity contribution in [2.75, 3.05) is 18.0 Å². The van der Waals surface area contributed by atoms with Crippen LogP contribution in [0.1, 0.15) is 38.9 Å². The van der Waals surface area contributed by atoms with E-state index in [0.29, 0.717) is 36.7 Å². The van der Waals surface area contributed by atoms with Crippen molar-refractivity contribution in [1.29, 1.82) is 5.26 Å². The second-order valence-corrected chi connectivity index (χ2v) is 5.43. The van der Waals surface area contributed by atoms with E-state index in [1.807, 2.05) is 18.7 Å². The molecule has 1 aromatic carbocycles. The molecule has 1 aromatic rings. The van der Waals surface area contributed by atoms with Crippen LogP contribution < -0.4 is 4.90 Å². The molecule has 0 aliphatic rings. The summed E-state index contributed by atoms with van der Waals surface area (Å²) >= 11 is 0. The number of nitro benzene ring substituents is 1. The smallest absolute Gasteiger partial charge is 0.292 e. The van der Waals surface area contributed by atoms with Gasteiger partial charge < -0.3 is 10.0 Å². The van der Waals surface area contributed by atoms with E-state index in [4.69, 9.17) is 5.26 Å². The first-order chi connectivity index (χ1) is 9.86. The normalized spacial score (nSPS) is 12.0. The van der Waals surface area contributed by atoms with Crippen molar-refractivity contribution in [2.24, 2.45) is 5.92 Å². The molecule has 0 amide bonds. The van der Waals surface area contributed by atoms with Crippen molar-refractivity contribution in [3.63, 3.8) is 0 Å². The first-order valence-electron chi connectivity index (χ1n) is 6.95. The Hall–Kier alpha value is -2.13. The molecule has 0 fully saturated rings. The maximum absolute atomic E-state index is 11.3. The molecule has 1 atom stereocenters. The number of aliphatic hydroxyl groups excluding tert-OH is 1. The van der Waals surface area contributed by atoms with E-state index >= 15 is 0 Å². The van der Waals surface area contributed by atoms with E-state index in [1.165, 1.54) is 6.07 Å². The lowest BCUT2D eigenvalue weighted by molar-refractivity contribution is -0.384. The summed E-state index contributed by atoms with van der Waals surface area (Å²) in [6.07, 6.45) is -0.447. The van der Waals surface area contributed by atoms with Crippen LogP contribution in [0.3, 0.4) is 0 Å². The van der Waals surface area contributed by atoms with Crippen LogP contribution in [-0.2, 0) is 0 Å². The van der Waals surface area contributed by atoms with Crippen molar-refractivity contribution in [3.05, 3.63) is 33.9 Å². The summed E-state index contributed by atoms with van der Waals surface area (Å²) in [6.45, 7) is 6.70. The number of benzene rings is 1. The molecule has 6 heteroatoms. The Morgan fingerprint density at radius 2 is 2.10 bits per heavy atom. The average Bonchev–Trinajstić information content (AvgIpc) is 2.42. The van der Waals surface area contributed by atoms with Crippen LogP contribution in [0.2, 0.25) is 0 Å². The summed E-state index contributed by atoms with van der Waals surface area (Å²) in [6, 6.07) is 6.81. The van der Waals surface area contributed by atoms with Crippen LogP contribution in [0, 0.1) is 27.4 Å². The minimum absolute atomic E-state index is 0.0352. The van der Waals surface area contributed by atoms with Gasteiger partial charge in [-0.25, -0.2) is 0 Å². The van der Waals surface area contributed by atoms with Gasteiger partial charge in [-0.1, -0.05) is 19.9 Å². The van der Waals surface area contributed by atoms with Gasteiger partial charge in [-0.3, -0.25) is 10.1 Å². The largest absolute Gasteiger partial charge is 0.389 e. The van der Waals surface area contributed by atoms with Gasteiger partial charge in [0.15, 0.2) is 0 Å². The third kappa shape index (κ3) is 4.72. The molecule has 0 aromatic heterocycles. The molecule has 114 valence electrons. The molecular formula is C15H21N3O3. The number of anilines is 1. The third-order valence-electron chi connectivity index (χ3n) is 3.10. The number of nitrogens with zero attached hydrogens (tertiary/aromatic N) is 3. The van der Waals surface area contributed by atoms with Gasteiger partial charge >= 0.3 is 0 Å². The maximum atomic E-state index is 11.3. The second kappa shape index (κ2) is 7.60. The van der Waals surface area contributed by atoms with Gasteiger partial charge in [0.1, 0.15) is 5.69 Å². The monoisotopic (exact) mass is 291 g/mol. The van der Waals surface area contributed by atoms with Gasteiger partial charge in [-0.15, -0.1) is 0 Å². The Balaban J connectivity index is 3.22. The number of rotatable bonds is 7. The molecular weight excluding hydrogens is 270 g/mol. The Labute approximate surface area is 124 Å². The summed E-state index contributed by atoms with van der Waals surface area (Å²) in [5.41, 5.74) is 0.968. The van der Waals surface area contributed by atoms with Crippen LogP contribution in [0.5, 0.6) is 0 Å². The Morgan fingerprint density at radius 3 is 2.57 bits per heavy atom. The molecule has 1 N–H and O–H groups in total. The van der Waals surface area contributed by atoms with Crippen molar-refractivity contribution < 1.29 is 10.0 Å². The molecule has 0 radical (unpaired) electrons. The number of hydrogen-bond acceptors (Lipinski definition) is 5. The standard InChI is InChI=1S/C15H21N3O3/c1-11(2)10-17(8-4-7-16)14-6-5-13(12(3)19)9-15(14)18(20)21/h5-6,9,11-12,19H,4,8,10H2,1-3H3/t12-/m1/s1. The summed E-state index contributed by atoms with van der Waals surface area (Å²) in [5.74, 6) is 0.319. The predicted octanol–water partition coefficient (Wildman–Crippen LogP) is 3.02. The summed E-state index contributed by atoms with van der Waals surface area (Å²) in [7, 11) is 0. The topological polar surface area (TPSA) is 90.4 Å². The predicted molar refractivity (Wildman–Crippen MR) is 81.0 cm³/mol. The number of hydrogen-bond donors (Lipinski definition) is 1. The van der Waals surface area contributed by atoms with Crippen molar-refractivity contribution in [3.8, 4) is 6.07 Å². The molecule has 0 aliphatic carbocycles. The fraction of sp³-hybridized carbons (Fsp3) is 0.533. The minimum atomic E-state index is -0.754. The van der Waals surface area contributed by atoms with Crippen LogP contribution in [0.25, 0.3) is 0 Å². The zero-order valence-electron chi connectivity index (χ0n) is 12.6. The summed E-state index contributed by atoms with van der Waals surface area (Å²) < 4.78 is 0. The molecule has 6 nitrogen and oxygen atoms in total. The lowest BCUT2D eigenvalue weighted by Crippen LogP contribution is -2.29. The highest BCUT2D eigenvalue weighted by atomic mass is 16.6. The van der Waals surface area contributed by atoms with E-state index in [1.54, 1.807) is 19.1 Å². The van der Waals surface area contributed by atoms with E-state index in [9.17, 15) is 15.2 Å². The lowest BCUT2D eigenvalue weighted by Gasteiger charge is -2.25. The zero-order valence-corrected chi connectivity index (χ0v) is 12.6. The maximum Gasteiger partial charge on any atom is 0.292 e. The van der Waals surface area contributed by atoms with E-state index < -0.39 is 11.0 Å². The van der Waals surface area contributed by atoms with Crippen LogP contribution in [-0.4, -0.2) is 23.1 Å². The highest BCUT2D eigenvalue weighted by Gasteiger charge is 2.21. The van der Waals surface area contributed by atoms with Gasteiger partial charge in [0, 0.05) is 19.2 Å². The van der Waals surface area contributed by atoms with Gasteiger partial charge in [-0.2, -0.15) is 5.26 Å². The Kier molecular flexibility index (Phi) is 6.12. The highest BCUT2D eigenvalue weighted by molar-refractivity contribution is 5.64. The quantitative estimate of drug-likeness (QED) is 0.616. The van der Waals surface area contributed by atoms with Crippen LogP contribution in [0.15, 0.2) is 18.2 Å². The molecule has 0 bridgehead atoms. The molecule has 21 heavy (non-hydrogen) atoms. The summed E-state index contributed by atoms with van der Waals surface area (Å²) in [4.78, 5) is 12.7. The number of aliphatic hydroxyl groups is 1. The first-order valence-corrected chi connectivity index (χ1v) is 6.95. The second-order valence-electron chi connectivity index (χ2n) is 5.43. The van der Waals surface area contributed by atoms with E-state index in [0.717, 1.165) is 0 Å². The molecule has 0 heterocycles. The van der Waals surface area contributed by atoms with E-state index in [-0.39, 0.29) is 5.69 Å². The van der Waals surface area contributed by atoms with Crippen molar-refractivity contribution in [1.82, 2.24) is 0 Å². The average molecular weight is 291 g/mol. The molecule has 1 rings (SSSR count). The minimum Gasteiger partial charge on any atom is -0.389 e. The first kappa shape index (κ1) is 16.9. The van der Waals surface area contributed by atoms with Gasteiger partial charge in [0.25, 0.3) is 5.69 Å². The fourth-order valence-electron chi connectivity index (χ4n) is 2.15. The van der Waals surface area contributed by atoms with Gasteiger partial charge in [0.05, 0.1) is 23.5 Å². The summed E-state index contributed by atoms with van der Waals surface area (Å²) in [5, 5.41) is 29.6. The molecule has 0 spiro atoms.